The maximum absolute atomic E-state index is 4.39. The number of tetrazole rings is 4. The number of H-pyrrole nitrogens is 4. The van der Waals surface area contributed by atoms with Crippen molar-refractivity contribution in [2.75, 3.05) is 38.5 Å². The topological polar surface area (TPSA) is 228 Å². The highest BCUT2D eigenvalue weighted by molar-refractivity contribution is 7.80. The minimum atomic E-state index is 0.510. The number of nitrogens with zero attached hydrogens (tertiary/aromatic N) is 15. The summed E-state index contributed by atoms with van der Waals surface area (Å²) in [5, 5.41) is 56.5. The summed E-state index contributed by atoms with van der Waals surface area (Å²) in [7, 11) is 0. The average Bonchev–Trinajstić information content (AvgIpc) is 3.64. The van der Waals surface area contributed by atoms with Crippen LogP contribution in [0.5, 0.6) is 0 Å². The third-order valence-corrected chi connectivity index (χ3v) is 5.13. The molecule has 4 N–H and O–H groups in total. The molecule has 4 rings (SSSR count). The molecule has 182 valence electrons. The molecule has 0 aliphatic carbocycles. The maximum atomic E-state index is 4.39. The zero-order chi connectivity index (χ0) is 23.4. The van der Waals surface area contributed by atoms with Crippen LogP contribution in [0.2, 0.25) is 0 Å². The first-order valence-corrected chi connectivity index (χ1v) is 11.1. The molecular weight excluding hydrogens is 466 g/mol. The summed E-state index contributed by atoms with van der Waals surface area (Å²) >= 11 is 4.39. The van der Waals surface area contributed by atoms with E-state index in [0.717, 1.165) is 31.9 Å². The Morgan fingerprint density at radius 3 is 1.12 bits per heavy atom. The summed E-state index contributed by atoms with van der Waals surface area (Å²) in [6.07, 6.45) is 0. The number of hydrogen-bond acceptors (Lipinski definition) is 16. The Morgan fingerprint density at radius 2 is 0.794 bits per heavy atom. The van der Waals surface area contributed by atoms with Gasteiger partial charge in [-0.3, -0.25) is 14.7 Å². The van der Waals surface area contributed by atoms with Gasteiger partial charge in [0.25, 0.3) is 0 Å². The van der Waals surface area contributed by atoms with Gasteiger partial charge in [0.15, 0.2) is 23.3 Å². The van der Waals surface area contributed by atoms with E-state index < -0.39 is 0 Å². The van der Waals surface area contributed by atoms with E-state index in [4.69, 9.17) is 0 Å². The van der Waals surface area contributed by atoms with Crippen molar-refractivity contribution in [1.82, 2.24) is 97.2 Å². The second-order valence-corrected chi connectivity index (χ2v) is 7.83. The zero-order valence-electron chi connectivity index (χ0n) is 18.2. The lowest BCUT2D eigenvalue weighted by Gasteiger charge is -2.28. The smallest absolute Gasteiger partial charge is 0.162 e. The van der Waals surface area contributed by atoms with Crippen LogP contribution in [0.25, 0.3) is 0 Å². The lowest BCUT2D eigenvalue weighted by molar-refractivity contribution is 0.158. The summed E-state index contributed by atoms with van der Waals surface area (Å²) in [5.41, 5.74) is 0. The highest BCUT2D eigenvalue weighted by atomic mass is 32.1. The third kappa shape index (κ3) is 7.54. The highest BCUT2D eigenvalue weighted by Gasteiger charge is 2.17. The molecule has 0 fully saturated rings. The zero-order valence-corrected chi connectivity index (χ0v) is 19.1. The molecule has 0 aliphatic heterocycles. The Kier molecular flexibility index (Phi) is 8.82. The second kappa shape index (κ2) is 12.7. The van der Waals surface area contributed by atoms with Crippen molar-refractivity contribution in [1.29, 1.82) is 0 Å². The van der Waals surface area contributed by atoms with Crippen molar-refractivity contribution < 1.29 is 0 Å². The van der Waals surface area contributed by atoms with E-state index in [9.17, 15) is 0 Å². The SMILES string of the molecule is SCCN(CCN(CCN(Cc1nnn[nH]1)Cc1nnn[nH]1)Cc1nnn[nH]1)Cc1nnn[nH]1. The molecular formula is C14H25N19S. The molecule has 0 spiro atoms. The molecule has 0 saturated heterocycles. The van der Waals surface area contributed by atoms with Gasteiger partial charge in [-0.1, -0.05) is 0 Å². The fraction of sp³-hybridized carbons (Fsp3) is 0.714. The van der Waals surface area contributed by atoms with Crippen LogP contribution in [0.1, 0.15) is 23.3 Å². The maximum Gasteiger partial charge on any atom is 0.162 e. The first-order chi connectivity index (χ1) is 16.8. The summed E-state index contributed by atoms with van der Waals surface area (Å²) in [5.74, 6) is 3.42. The Labute approximate surface area is 198 Å². The molecule has 0 bridgehead atoms. The first kappa shape index (κ1) is 23.7. The van der Waals surface area contributed by atoms with Gasteiger partial charge in [0.2, 0.25) is 0 Å². The number of thiol groups is 1. The van der Waals surface area contributed by atoms with Crippen LogP contribution in [-0.2, 0) is 26.2 Å². The van der Waals surface area contributed by atoms with Crippen molar-refractivity contribution >= 4 is 12.6 Å². The molecule has 0 saturated carbocycles. The van der Waals surface area contributed by atoms with Gasteiger partial charge in [-0.05, 0) is 41.7 Å². The van der Waals surface area contributed by atoms with E-state index in [2.05, 4.69) is 110 Å². The molecule has 19 nitrogen and oxygen atoms in total. The molecule has 4 aromatic rings. The van der Waals surface area contributed by atoms with Gasteiger partial charge in [-0.25, -0.2) is 20.4 Å². The van der Waals surface area contributed by atoms with Gasteiger partial charge in [0.1, 0.15) is 0 Å². The van der Waals surface area contributed by atoms with Gasteiger partial charge in [-0.15, -0.1) is 20.4 Å². The minimum absolute atomic E-state index is 0.510. The molecule has 0 aromatic carbocycles. The van der Waals surface area contributed by atoms with Crippen molar-refractivity contribution in [2.24, 2.45) is 0 Å². The van der Waals surface area contributed by atoms with Crippen LogP contribution in [0.3, 0.4) is 0 Å². The van der Waals surface area contributed by atoms with Gasteiger partial charge in [0.05, 0.1) is 26.2 Å². The summed E-state index contributed by atoms with van der Waals surface area (Å²) < 4.78 is 0. The number of aromatic amines is 4. The number of nitrogens with one attached hydrogen (secondary N) is 4. The van der Waals surface area contributed by atoms with E-state index in [0.29, 0.717) is 56.0 Å². The Morgan fingerprint density at radius 1 is 0.471 bits per heavy atom. The molecule has 20 heteroatoms. The lowest BCUT2D eigenvalue weighted by Crippen LogP contribution is -2.40. The summed E-state index contributed by atoms with van der Waals surface area (Å²) in [6, 6.07) is 0. The lowest BCUT2D eigenvalue weighted by atomic mass is 10.3. The van der Waals surface area contributed by atoms with Crippen LogP contribution in [0.15, 0.2) is 0 Å². The highest BCUT2D eigenvalue weighted by Crippen LogP contribution is 2.06. The Bertz CT molecular complexity index is 966. The Hall–Kier alpha value is -3.49. The molecule has 0 amide bonds. The largest absolute Gasteiger partial charge is 0.294 e. The molecule has 0 aliphatic rings. The number of rotatable bonds is 16. The number of hydrogen-bond donors (Lipinski definition) is 5. The van der Waals surface area contributed by atoms with Crippen molar-refractivity contribution in [2.45, 2.75) is 26.2 Å². The first-order valence-electron chi connectivity index (χ1n) is 10.5. The van der Waals surface area contributed by atoms with Gasteiger partial charge < -0.3 is 0 Å². The standard InChI is InChI=1S/C14H25N19S/c34-6-5-32(8-12-17-25-26-18-12)2-1-31(7-11-15-23-24-16-11)3-4-33(9-13-19-27-28-20-13)10-14-21-29-30-22-14/h34H,1-10H2,(H,15,16,23,24)(H,17,18,25,26)(H,19,20,27,28)(H,21,22,29,30). The molecule has 4 aromatic heterocycles. The molecule has 0 radical (unpaired) electrons. The molecule has 0 atom stereocenters. The monoisotopic (exact) mass is 491 g/mol. The van der Waals surface area contributed by atoms with Crippen LogP contribution in [0.4, 0.5) is 0 Å². The minimum Gasteiger partial charge on any atom is -0.294 e. The van der Waals surface area contributed by atoms with Crippen LogP contribution < -0.4 is 0 Å². The predicted molar refractivity (Wildman–Crippen MR) is 115 cm³/mol. The Balaban J connectivity index is 1.38. The molecule has 4 heterocycles. The van der Waals surface area contributed by atoms with Crippen LogP contribution in [0, 0.1) is 0 Å². The van der Waals surface area contributed by atoms with Crippen molar-refractivity contribution in [3.63, 3.8) is 0 Å². The fourth-order valence-corrected chi connectivity index (χ4v) is 3.57. The fourth-order valence-electron chi connectivity index (χ4n) is 3.29. The van der Waals surface area contributed by atoms with E-state index in [1.807, 2.05) is 0 Å². The summed E-state index contributed by atoms with van der Waals surface area (Å²) in [4.78, 5) is 6.64. The normalized spacial score (nSPS) is 11.9. The van der Waals surface area contributed by atoms with Crippen molar-refractivity contribution in [3.05, 3.63) is 23.3 Å². The predicted octanol–water partition coefficient (Wildman–Crippen LogP) is -3.32. The average molecular weight is 492 g/mol. The molecule has 34 heavy (non-hydrogen) atoms. The van der Waals surface area contributed by atoms with E-state index >= 15 is 0 Å². The third-order valence-electron chi connectivity index (χ3n) is 4.93. The number of aromatic nitrogens is 16. The second-order valence-electron chi connectivity index (χ2n) is 7.38. The van der Waals surface area contributed by atoms with E-state index in [-0.39, 0.29) is 0 Å². The van der Waals surface area contributed by atoms with Gasteiger partial charge >= 0.3 is 0 Å². The molecule has 0 unspecified atom stereocenters. The summed E-state index contributed by atoms with van der Waals surface area (Å²) in [6.45, 7) is 5.94. The van der Waals surface area contributed by atoms with Crippen LogP contribution >= 0.6 is 12.6 Å². The van der Waals surface area contributed by atoms with Crippen molar-refractivity contribution in [3.8, 4) is 0 Å². The quantitative estimate of drug-likeness (QED) is 0.0965. The van der Waals surface area contributed by atoms with Crippen LogP contribution in [-0.4, -0.2) is 136 Å². The van der Waals surface area contributed by atoms with E-state index in [1.165, 1.54) is 0 Å². The van der Waals surface area contributed by atoms with Gasteiger partial charge in [-0.2, -0.15) is 12.6 Å². The van der Waals surface area contributed by atoms with E-state index in [1.54, 1.807) is 0 Å². The van der Waals surface area contributed by atoms with Gasteiger partial charge in [0, 0.05) is 38.5 Å².